The average molecular weight is 335 g/mol. The third kappa shape index (κ3) is 7.35. The fraction of sp³-hybridized carbons (Fsp3) is 0.650. The lowest BCUT2D eigenvalue weighted by Crippen LogP contribution is -2.46. The molecule has 4 heteroatoms. The van der Waals surface area contributed by atoms with E-state index in [1.165, 1.54) is 11.1 Å². The number of ether oxygens (including phenoxy) is 1. The maximum Gasteiger partial charge on any atom is 0.407 e. The molecule has 136 valence electrons. The van der Waals surface area contributed by atoms with Crippen LogP contribution in [0.15, 0.2) is 24.3 Å². The minimum atomic E-state index is -0.473. The summed E-state index contributed by atoms with van der Waals surface area (Å²) in [6, 6.07) is 9.11. The summed E-state index contributed by atoms with van der Waals surface area (Å²) >= 11 is 0. The molecule has 2 atom stereocenters. The Morgan fingerprint density at radius 2 is 1.71 bits per heavy atom. The third-order valence-corrected chi connectivity index (χ3v) is 4.02. The monoisotopic (exact) mass is 334 g/mol. The highest BCUT2D eigenvalue weighted by molar-refractivity contribution is 5.67. The molecule has 0 aliphatic carbocycles. The lowest BCUT2D eigenvalue weighted by Gasteiger charge is -2.28. The highest BCUT2D eigenvalue weighted by atomic mass is 16.6. The first kappa shape index (κ1) is 20.5. The zero-order chi connectivity index (χ0) is 18.3. The molecule has 2 unspecified atom stereocenters. The summed E-state index contributed by atoms with van der Waals surface area (Å²) in [4.78, 5) is 11.9. The summed E-state index contributed by atoms with van der Waals surface area (Å²) < 4.78 is 5.31. The molecule has 24 heavy (non-hydrogen) atoms. The van der Waals surface area contributed by atoms with Crippen LogP contribution >= 0.6 is 0 Å². The standard InChI is InChI=1S/C20H34N2O2/c1-8-16-9-11-17(12-10-16)15(4)22-18(14(2)3)13-21-19(23)24-20(5,6)7/h9-12,14-15,18,22H,8,13H2,1-7H3,(H,21,23). The molecule has 0 aliphatic heterocycles. The van der Waals surface area contributed by atoms with Gasteiger partial charge in [-0.1, -0.05) is 45.0 Å². The van der Waals surface area contributed by atoms with Crippen molar-refractivity contribution < 1.29 is 9.53 Å². The highest BCUT2D eigenvalue weighted by Gasteiger charge is 2.20. The molecule has 0 aliphatic rings. The molecule has 0 aromatic heterocycles. The van der Waals surface area contributed by atoms with Crippen molar-refractivity contribution in [2.24, 2.45) is 5.92 Å². The number of nitrogens with one attached hydrogen (secondary N) is 2. The molecule has 0 bridgehead atoms. The van der Waals surface area contributed by atoms with Gasteiger partial charge in [0.2, 0.25) is 0 Å². The zero-order valence-corrected chi connectivity index (χ0v) is 16.3. The van der Waals surface area contributed by atoms with Crippen LogP contribution in [0.2, 0.25) is 0 Å². The van der Waals surface area contributed by atoms with E-state index in [1.807, 2.05) is 20.8 Å². The van der Waals surface area contributed by atoms with Crippen LogP contribution < -0.4 is 10.6 Å². The van der Waals surface area contributed by atoms with E-state index in [2.05, 4.69) is 62.6 Å². The number of benzene rings is 1. The van der Waals surface area contributed by atoms with Crippen LogP contribution in [0.5, 0.6) is 0 Å². The van der Waals surface area contributed by atoms with Gasteiger partial charge >= 0.3 is 6.09 Å². The molecule has 1 rings (SSSR count). The SMILES string of the molecule is CCc1ccc(C(C)NC(CNC(=O)OC(C)(C)C)C(C)C)cc1. The average Bonchev–Trinajstić information content (AvgIpc) is 2.49. The third-order valence-electron chi connectivity index (χ3n) is 4.02. The van der Waals surface area contributed by atoms with Crippen LogP contribution in [0.3, 0.4) is 0 Å². The Labute approximate surface area is 147 Å². The second kappa shape index (κ2) is 9.07. The molecule has 0 saturated heterocycles. The molecule has 0 spiro atoms. The molecule has 2 N–H and O–H groups in total. The smallest absolute Gasteiger partial charge is 0.407 e. The van der Waals surface area contributed by atoms with E-state index in [0.717, 1.165) is 6.42 Å². The zero-order valence-electron chi connectivity index (χ0n) is 16.3. The Kier molecular flexibility index (Phi) is 7.74. The Balaban J connectivity index is 2.59. The Morgan fingerprint density at radius 3 is 2.17 bits per heavy atom. The van der Waals surface area contributed by atoms with Gasteiger partial charge in [-0.15, -0.1) is 0 Å². The molecule has 0 fully saturated rings. The summed E-state index contributed by atoms with van der Waals surface area (Å²) in [6.07, 6.45) is 0.686. The fourth-order valence-electron chi connectivity index (χ4n) is 2.45. The van der Waals surface area contributed by atoms with E-state index < -0.39 is 5.60 Å². The summed E-state index contributed by atoms with van der Waals surface area (Å²) in [6.45, 7) is 14.8. The number of hydrogen-bond acceptors (Lipinski definition) is 3. The minimum Gasteiger partial charge on any atom is -0.444 e. The van der Waals surface area contributed by atoms with Crippen molar-refractivity contribution in [2.75, 3.05) is 6.54 Å². The van der Waals surface area contributed by atoms with E-state index in [1.54, 1.807) is 0 Å². The van der Waals surface area contributed by atoms with Crippen molar-refractivity contribution in [3.05, 3.63) is 35.4 Å². The number of aryl methyl sites for hydroxylation is 1. The highest BCUT2D eigenvalue weighted by Crippen LogP contribution is 2.16. The van der Waals surface area contributed by atoms with Crippen LogP contribution in [0.25, 0.3) is 0 Å². The van der Waals surface area contributed by atoms with Gasteiger partial charge in [0.05, 0.1) is 0 Å². The Morgan fingerprint density at radius 1 is 1.12 bits per heavy atom. The molecule has 0 radical (unpaired) electrons. The lowest BCUT2D eigenvalue weighted by molar-refractivity contribution is 0.0518. The first-order valence-electron chi connectivity index (χ1n) is 8.94. The maximum absolute atomic E-state index is 11.9. The van der Waals surface area contributed by atoms with Crippen LogP contribution in [0.4, 0.5) is 4.79 Å². The van der Waals surface area contributed by atoms with E-state index >= 15 is 0 Å². The van der Waals surface area contributed by atoms with Gasteiger partial charge < -0.3 is 15.4 Å². The van der Waals surface area contributed by atoms with Gasteiger partial charge in [-0.3, -0.25) is 0 Å². The normalized spacial score (nSPS) is 14.3. The Bertz CT molecular complexity index is 503. The van der Waals surface area contributed by atoms with Crippen molar-refractivity contribution in [1.82, 2.24) is 10.6 Å². The molecular weight excluding hydrogens is 300 g/mol. The molecular formula is C20H34N2O2. The first-order chi connectivity index (χ1) is 11.1. The lowest BCUT2D eigenvalue weighted by atomic mass is 10.00. The van der Waals surface area contributed by atoms with E-state index in [0.29, 0.717) is 12.5 Å². The predicted octanol–water partition coefficient (Wildman–Crippen LogP) is 4.45. The number of rotatable bonds is 7. The van der Waals surface area contributed by atoms with E-state index in [4.69, 9.17) is 4.74 Å². The van der Waals surface area contributed by atoms with E-state index in [-0.39, 0.29) is 18.2 Å². The number of alkyl carbamates (subject to hydrolysis) is 1. The van der Waals surface area contributed by atoms with E-state index in [9.17, 15) is 4.79 Å². The molecule has 1 aromatic rings. The predicted molar refractivity (Wildman–Crippen MR) is 100 cm³/mol. The summed E-state index contributed by atoms with van der Waals surface area (Å²) in [5.74, 6) is 0.400. The minimum absolute atomic E-state index is 0.179. The number of carbonyl (C=O) groups excluding carboxylic acids is 1. The van der Waals surface area contributed by atoms with Crippen molar-refractivity contribution in [3.8, 4) is 0 Å². The topological polar surface area (TPSA) is 50.4 Å². The summed E-state index contributed by atoms with van der Waals surface area (Å²) in [5.41, 5.74) is 2.13. The number of amides is 1. The fourth-order valence-corrected chi connectivity index (χ4v) is 2.45. The van der Waals surface area contributed by atoms with Crippen LogP contribution in [0, 0.1) is 5.92 Å². The summed E-state index contributed by atoms with van der Waals surface area (Å²) in [5, 5.41) is 6.49. The van der Waals surface area contributed by atoms with Crippen molar-refractivity contribution in [3.63, 3.8) is 0 Å². The van der Waals surface area contributed by atoms with Crippen molar-refractivity contribution >= 4 is 6.09 Å². The van der Waals surface area contributed by atoms with Crippen LogP contribution in [-0.4, -0.2) is 24.3 Å². The van der Waals surface area contributed by atoms with Gasteiger partial charge in [-0.25, -0.2) is 4.79 Å². The van der Waals surface area contributed by atoms with Crippen molar-refractivity contribution in [2.45, 2.75) is 72.6 Å². The Hall–Kier alpha value is -1.55. The molecule has 1 aromatic carbocycles. The van der Waals surface area contributed by atoms with Crippen LogP contribution in [0.1, 0.15) is 65.6 Å². The van der Waals surface area contributed by atoms with Gasteiger partial charge in [0.1, 0.15) is 5.60 Å². The molecule has 0 saturated carbocycles. The van der Waals surface area contributed by atoms with Crippen LogP contribution in [-0.2, 0) is 11.2 Å². The molecule has 1 amide bonds. The number of hydrogen-bond donors (Lipinski definition) is 2. The van der Waals surface area contributed by atoms with Gasteiger partial charge in [-0.05, 0) is 51.2 Å². The van der Waals surface area contributed by atoms with Gasteiger partial charge in [-0.2, -0.15) is 0 Å². The molecule has 4 nitrogen and oxygen atoms in total. The van der Waals surface area contributed by atoms with Gasteiger partial charge in [0.15, 0.2) is 0 Å². The quantitative estimate of drug-likeness (QED) is 0.774. The second-order valence-corrected chi connectivity index (χ2v) is 7.72. The van der Waals surface area contributed by atoms with Gasteiger partial charge in [0.25, 0.3) is 0 Å². The summed E-state index contributed by atoms with van der Waals surface area (Å²) in [7, 11) is 0. The largest absolute Gasteiger partial charge is 0.444 e. The maximum atomic E-state index is 11.9. The second-order valence-electron chi connectivity index (χ2n) is 7.72. The van der Waals surface area contributed by atoms with Gasteiger partial charge in [0, 0.05) is 18.6 Å². The number of carbonyl (C=O) groups is 1. The first-order valence-corrected chi connectivity index (χ1v) is 8.94. The van der Waals surface area contributed by atoms with Crippen molar-refractivity contribution in [1.29, 1.82) is 0 Å². The molecule has 0 heterocycles.